The molecular weight excluding hydrogens is 708 g/mol. The number of alkyl carbamates (subject to hydrolysis) is 2. The first kappa shape index (κ1) is 47.4. The lowest BCUT2D eigenvalue weighted by Crippen LogP contribution is -2.41. The number of hydrogen-bond acceptors (Lipinski definition) is 9. The number of ether oxygens (including phenoxy) is 2. The number of carbonyl (C=O) groups excluding carboxylic acids is 6. The first-order valence-corrected chi connectivity index (χ1v) is 18.7. The quantitative estimate of drug-likeness (QED) is 0.164. The van der Waals surface area contributed by atoms with Crippen molar-refractivity contribution in [2.75, 3.05) is 51.0 Å². The second-order valence-corrected chi connectivity index (χ2v) is 12.7. The van der Waals surface area contributed by atoms with Crippen molar-refractivity contribution in [3.63, 3.8) is 0 Å². The van der Waals surface area contributed by atoms with Crippen molar-refractivity contribution in [1.29, 1.82) is 0 Å². The van der Waals surface area contributed by atoms with Gasteiger partial charge in [-0.3, -0.25) is 19.2 Å². The van der Waals surface area contributed by atoms with Crippen LogP contribution < -0.4 is 21.3 Å². The summed E-state index contributed by atoms with van der Waals surface area (Å²) >= 11 is 0. The summed E-state index contributed by atoms with van der Waals surface area (Å²) in [4.78, 5) is 76.6. The van der Waals surface area contributed by atoms with Crippen molar-refractivity contribution in [3.8, 4) is 11.4 Å². The smallest absolute Gasteiger partial charge is 0.407 e. The number of imidazole rings is 1. The molecular formula is C39H60N8O8. The number of H-pyrrole nitrogens is 1. The van der Waals surface area contributed by atoms with Crippen molar-refractivity contribution in [2.45, 2.75) is 92.2 Å². The summed E-state index contributed by atoms with van der Waals surface area (Å²) in [5.41, 5.74) is 4.00. The lowest BCUT2D eigenvalue weighted by Gasteiger charge is -2.21. The molecule has 2 aliphatic heterocycles. The van der Waals surface area contributed by atoms with Crippen molar-refractivity contribution >= 4 is 59.2 Å². The highest BCUT2D eigenvalue weighted by molar-refractivity contribution is 5.86. The van der Waals surface area contributed by atoms with E-state index in [-0.39, 0.29) is 24.9 Å². The van der Waals surface area contributed by atoms with Gasteiger partial charge in [0.2, 0.25) is 24.6 Å². The number of nitrogens with one attached hydrogen (secondary N) is 5. The molecule has 2 fully saturated rings. The highest BCUT2D eigenvalue weighted by atomic mass is 16.5. The predicted octanol–water partition coefficient (Wildman–Crippen LogP) is 5.91. The van der Waals surface area contributed by atoms with Gasteiger partial charge in [0.25, 0.3) is 0 Å². The molecule has 304 valence electrons. The molecule has 55 heavy (non-hydrogen) atoms. The van der Waals surface area contributed by atoms with Crippen LogP contribution in [0.25, 0.3) is 22.4 Å². The van der Waals surface area contributed by atoms with Crippen LogP contribution in [0.15, 0.2) is 42.5 Å². The molecule has 6 amide bonds. The molecule has 5 N–H and O–H groups in total. The number of fused-ring (bicyclic) bond motifs is 1. The molecule has 0 spiro atoms. The number of benzene rings is 2. The van der Waals surface area contributed by atoms with Crippen LogP contribution in [0.2, 0.25) is 0 Å². The van der Waals surface area contributed by atoms with Gasteiger partial charge in [-0.1, -0.05) is 40.5 Å². The van der Waals surface area contributed by atoms with Crippen molar-refractivity contribution in [1.82, 2.24) is 30.4 Å². The lowest BCUT2D eigenvalue weighted by molar-refractivity contribution is -0.131. The number of rotatable bonds is 9. The van der Waals surface area contributed by atoms with Gasteiger partial charge in [0.1, 0.15) is 18.9 Å². The van der Waals surface area contributed by atoms with E-state index in [1.165, 1.54) is 27.1 Å². The van der Waals surface area contributed by atoms with Crippen molar-refractivity contribution in [2.24, 2.45) is 0 Å². The van der Waals surface area contributed by atoms with E-state index in [4.69, 9.17) is 0 Å². The van der Waals surface area contributed by atoms with Gasteiger partial charge in [-0.15, -0.1) is 0 Å². The van der Waals surface area contributed by atoms with Crippen LogP contribution in [0, 0.1) is 0 Å². The number of aromatic nitrogens is 2. The SMILES string of the molecule is CCC.CCC.COC(=O)NCC(=O)N1CCC[C@@H]1C.COC(=O)NCC(=O)N1CCC[C@@H]1C.O=CNc1ccc(-c2nc3ccc(NC=O)cc3[nH]2)cc1. The van der Waals surface area contributed by atoms with Crippen LogP contribution in [0.4, 0.5) is 21.0 Å². The van der Waals surface area contributed by atoms with Gasteiger partial charge >= 0.3 is 12.2 Å². The Hall–Kier alpha value is -5.67. The van der Waals surface area contributed by atoms with Gasteiger partial charge in [0.05, 0.1) is 25.3 Å². The fourth-order valence-corrected chi connectivity index (χ4v) is 5.35. The van der Waals surface area contributed by atoms with Crippen LogP contribution in [-0.4, -0.2) is 109 Å². The first-order chi connectivity index (χ1) is 26.4. The maximum Gasteiger partial charge on any atom is 0.407 e. The van der Waals surface area contributed by atoms with E-state index in [1.807, 2.05) is 38.1 Å². The summed E-state index contributed by atoms with van der Waals surface area (Å²) in [7, 11) is 2.55. The molecule has 5 rings (SSSR count). The first-order valence-electron chi connectivity index (χ1n) is 18.7. The highest BCUT2D eigenvalue weighted by Gasteiger charge is 2.26. The molecule has 0 saturated carbocycles. The summed E-state index contributed by atoms with van der Waals surface area (Å²) in [5, 5.41) is 9.94. The Labute approximate surface area is 324 Å². The molecule has 3 aromatic rings. The zero-order valence-corrected chi connectivity index (χ0v) is 33.5. The average molecular weight is 769 g/mol. The summed E-state index contributed by atoms with van der Waals surface area (Å²) in [5.74, 6) is 0.645. The number of amides is 6. The van der Waals surface area contributed by atoms with E-state index in [0.29, 0.717) is 30.6 Å². The fourth-order valence-electron chi connectivity index (χ4n) is 5.35. The Morgan fingerprint density at radius 1 is 0.745 bits per heavy atom. The molecule has 16 heteroatoms. The number of likely N-dealkylation sites (tertiary alicyclic amines) is 2. The van der Waals surface area contributed by atoms with E-state index >= 15 is 0 Å². The normalized spacial score (nSPS) is 15.1. The third kappa shape index (κ3) is 17.3. The van der Waals surface area contributed by atoms with Crippen molar-refractivity contribution in [3.05, 3.63) is 42.5 Å². The number of nitrogens with zero attached hydrogens (tertiary/aromatic N) is 3. The number of aromatic amines is 1. The third-order valence-electron chi connectivity index (χ3n) is 7.98. The number of carbonyl (C=O) groups is 6. The Morgan fingerprint density at radius 3 is 1.58 bits per heavy atom. The second-order valence-electron chi connectivity index (χ2n) is 12.7. The van der Waals surface area contributed by atoms with Gasteiger partial charge < -0.3 is 45.5 Å². The van der Waals surface area contributed by atoms with Crippen LogP contribution in [-0.2, 0) is 28.7 Å². The third-order valence-corrected chi connectivity index (χ3v) is 7.98. The van der Waals surface area contributed by atoms with E-state index in [9.17, 15) is 28.8 Å². The van der Waals surface area contributed by atoms with Crippen LogP contribution >= 0.6 is 0 Å². The molecule has 1 aromatic heterocycles. The zero-order valence-electron chi connectivity index (χ0n) is 33.5. The standard InChI is InChI=1S/C15H12N4O2.2C9H16N2O3.2C3H8/c20-8-16-11-3-1-10(2-4-11)15-18-13-6-5-12(17-9-21)7-14(13)19-15;2*1-7-4-3-5-11(7)8(12)6-10-9(13)14-2;2*1-3-2/h1-9H,(H,16,20)(H,17,21)(H,18,19);2*7H,3-6H2,1-2H3,(H,10,13);2*3H2,1-2H3/t;2*7-;;/m.00../s1. The van der Waals surface area contributed by atoms with Crippen LogP contribution in [0.5, 0.6) is 0 Å². The maximum absolute atomic E-state index is 11.5. The molecule has 0 bridgehead atoms. The average Bonchev–Trinajstić information content (AvgIpc) is 3.94. The van der Waals surface area contributed by atoms with Crippen LogP contribution in [0.1, 0.15) is 80.1 Å². The molecule has 3 heterocycles. The molecule has 0 unspecified atom stereocenters. The number of methoxy groups -OCH3 is 2. The molecule has 2 aliphatic rings. The van der Waals surface area contributed by atoms with E-state index in [1.54, 1.807) is 28.0 Å². The summed E-state index contributed by atoms with van der Waals surface area (Å²) < 4.78 is 8.74. The zero-order chi connectivity index (χ0) is 41.2. The van der Waals surface area contributed by atoms with Gasteiger partial charge in [0.15, 0.2) is 0 Å². The number of anilines is 2. The lowest BCUT2D eigenvalue weighted by atomic mass is 10.2. The minimum atomic E-state index is -0.565. The van der Waals surface area contributed by atoms with Gasteiger partial charge in [-0.25, -0.2) is 14.6 Å². The summed E-state index contributed by atoms with van der Waals surface area (Å²) in [6, 6.07) is 13.4. The minimum Gasteiger partial charge on any atom is -0.453 e. The topological polar surface area (TPSA) is 204 Å². The van der Waals surface area contributed by atoms with E-state index < -0.39 is 12.2 Å². The Balaban J connectivity index is 0.000000395. The van der Waals surface area contributed by atoms with Crippen LogP contribution in [0.3, 0.4) is 0 Å². The Kier molecular flexibility index (Phi) is 23.2. The monoisotopic (exact) mass is 768 g/mol. The van der Waals surface area contributed by atoms with Crippen molar-refractivity contribution < 1.29 is 38.2 Å². The van der Waals surface area contributed by atoms with Gasteiger partial charge in [0, 0.05) is 42.1 Å². The molecule has 2 saturated heterocycles. The second kappa shape index (κ2) is 27.0. The molecule has 2 atom stereocenters. The largest absolute Gasteiger partial charge is 0.453 e. The van der Waals surface area contributed by atoms with E-state index in [0.717, 1.165) is 66.9 Å². The molecule has 16 nitrogen and oxygen atoms in total. The molecule has 0 aliphatic carbocycles. The molecule has 2 aromatic carbocycles. The number of hydrogen-bond donors (Lipinski definition) is 5. The predicted molar refractivity (Wildman–Crippen MR) is 214 cm³/mol. The molecule has 0 radical (unpaired) electrons. The van der Waals surface area contributed by atoms with E-state index in [2.05, 4.69) is 68.4 Å². The summed E-state index contributed by atoms with van der Waals surface area (Å²) in [6.07, 6.45) is 6.83. The summed E-state index contributed by atoms with van der Waals surface area (Å²) in [6.45, 7) is 14.2. The fraction of sp³-hybridized carbons (Fsp3) is 0.513. The Morgan fingerprint density at radius 2 is 1.18 bits per heavy atom. The van der Waals surface area contributed by atoms with Gasteiger partial charge in [-0.05, 0) is 82.0 Å². The minimum absolute atomic E-state index is 0.0248. The Bertz CT molecular complexity index is 1560. The maximum atomic E-state index is 11.5. The highest BCUT2D eigenvalue weighted by Crippen LogP contribution is 2.24. The van der Waals surface area contributed by atoms with Gasteiger partial charge in [-0.2, -0.15) is 0 Å².